The number of fused-ring (bicyclic) bond motifs is 1. The first-order valence-corrected chi connectivity index (χ1v) is 8.16. The minimum absolute atomic E-state index is 0.601. The lowest BCUT2D eigenvalue weighted by Gasteiger charge is -2.09. The minimum atomic E-state index is 0.601. The summed E-state index contributed by atoms with van der Waals surface area (Å²) in [5.74, 6) is 0. The van der Waals surface area contributed by atoms with E-state index in [1.165, 1.54) is 16.0 Å². The molecule has 0 amide bonds. The maximum Gasteiger partial charge on any atom is 0.0591 e. The molecular formula is C18H20OS. The van der Waals surface area contributed by atoms with E-state index in [1.807, 2.05) is 11.8 Å². The van der Waals surface area contributed by atoms with Crippen molar-refractivity contribution in [2.24, 2.45) is 0 Å². The molecule has 2 heteroatoms. The maximum atomic E-state index is 5.85. The lowest BCUT2D eigenvalue weighted by atomic mass is 10.1. The highest BCUT2D eigenvalue weighted by Crippen LogP contribution is 2.36. The first-order valence-electron chi connectivity index (χ1n) is 7.28. The van der Waals surface area contributed by atoms with Gasteiger partial charge >= 0.3 is 0 Å². The van der Waals surface area contributed by atoms with Gasteiger partial charge in [-0.2, -0.15) is 0 Å². The van der Waals surface area contributed by atoms with E-state index in [4.69, 9.17) is 4.74 Å². The van der Waals surface area contributed by atoms with Gasteiger partial charge in [0.15, 0.2) is 0 Å². The average Bonchev–Trinajstić information content (AvgIpc) is 2.90. The topological polar surface area (TPSA) is 9.23 Å². The number of aryl methyl sites for hydroxylation is 1. The maximum absolute atomic E-state index is 5.85. The molecule has 1 heterocycles. The molecule has 1 aliphatic heterocycles. The molecule has 0 saturated heterocycles. The Labute approximate surface area is 125 Å². The van der Waals surface area contributed by atoms with Crippen LogP contribution in [0.4, 0.5) is 0 Å². The molecule has 20 heavy (non-hydrogen) atoms. The molecular weight excluding hydrogens is 264 g/mol. The summed E-state index contributed by atoms with van der Waals surface area (Å²) in [6.07, 6.45) is 3.37. The van der Waals surface area contributed by atoms with Crippen LogP contribution in [0.1, 0.15) is 17.5 Å². The second-order valence-electron chi connectivity index (χ2n) is 5.22. The van der Waals surface area contributed by atoms with Gasteiger partial charge in [0.1, 0.15) is 0 Å². The second kappa shape index (κ2) is 6.96. The Morgan fingerprint density at radius 3 is 2.65 bits per heavy atom. The van der Waals surface area contributed by atoms with Gasteiger partial charge in [0.2, 0.25) is 0 Å². The zero-order chi connectivity index (χ0) is 13.6. The largest absolute Gasteiger partial charge is 0.380 e. The number of rotatable bonds is 6. The van der Waals surface area contributed by atoms with Gasteiger partial charge in [-0.15, -0.1) is 11.8 Å². The first kappa shape index (κ1) is 13.7. The van der Waals surface area contributed by atoms with Gasteiger partial charge in [0.05, 0.1) is 6.61 Å². The van der Waals surface area contributed by atoms with E-state index >= 15 is 0 Å². The highest BCUT2D eigenvalue weighted by molar-refractivity contribution is 8.00. The second-order valence-corrected chi connectivity index (χ2v) is 6.56. The molecule has 0 fully saturated rings. The molecule has 0 aromatic heterocycles. The van der Waals surface area contributed by atoms with Gasteiger partial charge in [-0.25, -0.2) is 0 Å². The highest BCUT2D eigenvalue weighted by atomic mass is 32.2. The number of hydrogen-bond donors (Lipinski definition) is 0. The quantitative estimate of drug-likeness (QED) is 0.729. The van der Waals surface area contributed by atoms with Crippen LogP contribution in [0.15, 0.2) is 59.5 Å². The van der Waals surface area contributed by atoms with Crippen molar-refractivity contribution < 1.29 is 4.74 Å². The van der Waals surface area contributed by atoms with Crippen molar-refractivity contribution in [3.63, 3.8) is 0 Å². The summed E-state index contributed by atoms with van der Waals surface area (Å²) in [6.45, 7) is 1.73. The molecule has 0 aliphatic carbocycles. The fraction of sp³-hybridized carbons (Fsp3) is 0.333. The molecule has 1 unspecified atom stereocenters. The lowest BCUT2D eigenvalue weighted by Crippen LogP contribution is -2.11. The summed E-state index contributed by atoms with van der Waals surface area (Å²) in [5, 5.41) is 0.601. The molecule has 0 N–H and O–H groups in total. The van der Waals surface area contributed by atoms with Crippen molar-refractivity contribution in [1.29, 1.82) is 0 Å². The van der Waals surface area contributed by atoms with Crippen molar-refractivity contribution in [2.45, 2.75) is 29.4 Å². The molecule has 0 saturated carbocycles. The van der Waals surface area contributed by atoms with Crippen molar-refractivity contribution in [3.8, 4) is 0 Å². The zero-order valence-corrected chi connectivity index (χ0v) is 12.4. The van der Waals surface area contributed by atoms with Crippen molar-refractivity contribution >= 4 is 11.8 Å². The smallest absolute Gasteiger partial charge is 0.0591 e. The minimum Gasteiger partial charge on any atom is -0.380 e. The van der Waals surface area contributed by atoms with Crippen LogP contribution in [0, 0.1) is 0 Å². The number of benzene rings is 2. The van der Waals surface area contributed by atoms with Gasteiger partial charge in [-0.05, 0) is 36.5 Å². The third kappa shape index (κ3) is 3.65. The molecule has 1 atom stereocenters. The van der Waals surface area contributed by atoms with Gasteiger partial charge in [-0.1, -0.05) is 48.5 Å². The summed E-state index contributed by atoms with van der Waals surface area (Å²) < 4.78 is 5.85. The van der Waals surface area contributed by atoms with Crippen molar-refractivity contribution in [1.82, 2.24) is 0 Å². The van der Waals surface area contributed by atoms with Crippen LogP contribution in [-0.4, -0.2) is 18.5 Å². The summed E-state index contributed by atoms with van der Waals surface area (Å²) in [5.41, 5.74) is 2.88. The zero-order valence-electron chi connectivity index (χ0n) is 11.6. The van der Waals surface area contributed by atoms with Crippen LogP contribution >= 0.6 is 11.8 Å². The van der Waals surface area contributed by atoms with Crippen LogP contribution in [0.25, 0.3) is 0 Å². The SMILES string of the molecule is c1ccc(CCCOCC2Cc3ccccc3S2)cc1. The molecule has 0 bridgehead atoms. The van der Waals surface area contributed by atoms with E-state index < -0.39 is 0 Å². The fourth-order valence-corrected chi connectivity index (χ4v) is 3.83. The monoisotopic (exact) mass is 284 g/mol. The Balaban J connectivity index is 1.34. The van der Waals surface area contributed by atoms with E-state index in [9.17, 15) is 0 Å². The summed E-state index contributed by atoms with van der Waals surface area (Å²) >= 11 is 1.97. The Morgan fingerprint density at radius 2 is 1.80 bits per heavy atom. The van der Waals surface area contributed by atoms with E-state index in [-0.39, 0.29) is 0 Å². The molecule has 1 aliphatic rings. The van der Waals surface area contributed by atoms with E-state index in [0.717, 1.165) is 32.5 Å². The highest BCUT2D eigenvalue weighted by Gasteiger charge is 2.21. The third-order valence-electron chi connectivity index (χ3n) is 3.61. The van der Waals surface area contributed by atoms with Crippen LogP contribution in [0.5, 0.6) is 0 Å². The van der Waals surface area contributed by atoms with Crippen LogP contribution < -0.4 is 0 Å². The molecule has 104 valence electrons. The lowest BCUT2D eigenvalue weighted by molar-refractivity contribution is 0.133. The summed E-state index contributed by atoms with van der Waals surface area (Å²) in [7, 11) is 0. The van der Waals surface area contributed by atoms with Crippen molar-refractivity contribution in [2.75, 3.05) is 13.2 Å². The Kier molecular flexibility index (Phi) is 4.77. The standard InChI is InChI=1S/C18H20OS/c1-2-7-15(8-3-1)9-6-12-19-14-17-13-16-10-4-5-11-18(16)20-17/h1-5,7-8,10-11,17H,6,9,12-14H2. The van der Waals surface area contributed by atoms with E-state index in [1.54, 1.807) is 0 Å². The Bertz CT molecular complexity index is 513. The normalized spacial score (nSPS) is 17.1. The predicted molar refractivity (Wildman–Crippen MR) is 85.4 cm³/mol. The van der Waals surface area contributed by atoms with Crippen LogP contribution in [0.2, 0.25) is 0 Å². The molecule has 2 aromatic rings. The van der Waals surface area contributed by atoms with Gasteiger partial charge < -0.3 is 4.74 Å². The average molecular weight is 284 g/mol. The van der Waals surface area contributed by atoms with E-state index in [2.05, 4.69) is 54.6 Å². The van der Waals surface area contributed by atoms with Crippen molar-refractivity contribution in [3.05, 3.63) is 65.7 Å². The molecule has 3 rings (SSSR count). The Hall–Kier alpha value is -1.25. The Morgan fingerprint density at radius 1 is 1.00 bits per heavy atom. The number of hydrogen-bond acceptors (Lipinski definition) is 2. The van der Waals surface area contributed by atoms with Crippen LogP contribution in [0.3, 0.4) is 0 Å². The fourth-order valence-electron chi connectivity index (χ4n) is 2.58. The predicted octanol–water partition coefficient (Wildman–Crippen LogP) is 4.35. The first-order chi connectivity index (χ1) is 9.92. The molecule has 0 spiro atoms. The summed E-state index contributed by atoms with van der Waals surface area (Å²) in [6, 6.07) is 19.3. The molecule has 1 nitrogen and oxygen atoms in total. The third-order valence-corrected chi connectivity index (χ3v) is 4.90. The van der Waals surface area contributed by atoms with Crippen LogP contribution in [-0.2, 0) is 17.6 Å². The van der Waals surface area contributed by atoms with Gasteiger partial charge in [0, 0.05) is 16.8 Å². The van der Waals surface area contributed by atoms with E-state index in [0.29, 0.717) is 5.25 Å². The number of thioether (sulfide) groups is 1. The molecule has 0 radical (unpaired) electrons. The van der Waals surface area contributed by atoms with Gasteiger partial charge in [0.25, 0.3) is 0 Å². The molecule has 2 aromatic carbocycles. The van der Waals surface area contributed by atoms with Gasteiger partial charge in [-0.3, -0.25) is 0 Å². The summed E-state index contributed by atoms with van der Waals surface area (Å²) in [4.78, 5) is 1.44. The number of ether oxygens (including phenoxy) is 1.